The van der Waals surface area contributed by atoms with Gasteiger partial charge in [0, 0.05) is 51.7 Å². The lowest BCUT2D eigenvalue weighted by molar-refractivity contribution is 0.00578. The highest BCUT2D eigenvalue weighted by molar-refractivity contribution is 9.10. The van der Waals surface area contributed by atoms with E-state index in [9.17, 15) is 5.26 Å². The highest BCUT2D eigenvalue weighted by atomic mass is 79.9. The summed E-state index contributed by atoms with van der Waals surface area (Å²) >= 11 is 3.27. The number of halogens is 1. The maximum Gasteiger partial charge on any atom is 0.496 e. The molecule has 564 valence electrons. The Morgan fingerprint density at radius 2 is 0.647 bits per heavy atom. The van der Waals surface area contributed by atoms with Gasteiger partial charge in [-0.1, -0.05) is 327 Å². The van der Waals surface area contributed by atoms with Crippen molar-refractivity contribution in [3.8, 4) is 136 Å². The maximum absolute atomic E-state index is 9.67. The summed E-state index contributed by atoms with van der Waals surface area (Å²) in [7, 11) is -0.576. The fourth-order valence-corrected chi connectivity index (χ4v) is 16.7. The molecular weight excluding hydrogens is 1500 g/mol. The van der Waals surface area contributed by atoms with Gasteiger partial charge in [0.25, 0.3) is 0 Å². The van der Waals surface area contributed by atoms with E-state index in [1.54, 1.807) is 12.1 Å². The fourth-order valence-electron chi connectivity index (χ4n) is 16.4. The molecule has 14 aromatic carbocycles. The van der Waals surface area contributed by atoms with Crippen LogP contribution >= 0.6 is 25.8 Å². The van der Waals surface area contributed by atoms with Crippen molar-refractivity contribution in [2.45, 2.75) is 71.0 Å². The Balaban J connectivity index is 0.000000169. The van der Waals surface area contributed by atoms with E-state index in [1.807, 2.05) is 103 Å². The first-order chi connectivity index (χ1) is 56.6. The molecule has 3 unspecified atom stereocenters. The molecule has 0 radical (unpaired) electrons. The maximum atomic E-state index is 9.67. The number of nitriles is 2. The third-order valence-electron chi connectivity index (χ3n) is 23.1. The van der Waals surface area contributed by atoms with Crippen LogP contribution in [-0.4, -0.2) is 38.3 Å². The summed E-state index contributed by atoms with van der Waals surface area (Å²) in [6.45, 7) is 13.2. The minimum absolute atomic E-state index is 0. The summed E-state index contributed by atoms with van der Waals surface area (Å²) in [4.78, 5) is 20.3. The van der Waals surface area contributed by atoms with E-state index in [0.717, 1.165) is 99.5 Å². The molecule has 1 fully saturated rings. The first-order valence-electron chi connectivity index (χ1n) is 39.5. The molecule has 1 aliphatic heterocycles. The predicted molar refractivity (Wildman–Crippen MR) is 487 cm³/mol. The van der Waals surface area contributed by atoms with E-state index >= 15 is 0 Å². The number of aromatic nitrogens is 4. The number of benzene rings is 14. The molecule has 0 amide bonds. The Morgan fingerprint density at radius 3 is 1.08 bits per heavy atom. The molecule has 2 aliphatic carbocycles. The first kappa shape index (κ1) is 77.1. The lowest BCUT2D eigenvalue weighted by Crippen LogP contribution is -2.41. The van der Waals surface area contributed by atoms with Crippen molar-refractivity contribution in [2.24, 2.45) is 0 Å². The van der Waals surface area contributed by atoms with E-state index in [4.69, 9.17) is 37.5 Å². The minimum atomic E-state index is -0.576. The molecule has 3 aliphatic rings. The zero-order valence-corrected chi connectivity index (χ0v) is 67.8. The van der Waals surface area contributed by atoms with Gasteiger partial charge in [-0.05, 0) is 197 Å². The minimum Gasteiger partial charge on any atom is -0.399 e. The van der Waals surface area contributed by atoms with Gasteiger partial charge in [-0.15, -0.1) is 0 Å². The van der Waals surface area contributed by atoms with Crippen LogP contribution < -0.4 is 5.46 Å². The lowest BCUT2D eigenvalue weighted by atomic mass is 9.68. The van der Waals surface area contributed by atoms with Crippen LogP contribution in [0.5, 0.6) is 0 Å². The van der Waals surface area contributed by atoms with Gasteiger partial charge in [0.05, 0.1) is 57.2 Å². The Morgan fingerprint density at radius 1 is 0.310 bits per heavy atom. The van der Waals surface area contributed by atoms with Crippen molar-refractivity contribution < 1.29 is 12.3 Å². The highest BCUT2D eigenvalue weighted by Crippen LogP contribution is 2.58. The van der Waals surface area contributed by atoms with E-state index in [2.05, 4.69) is 318 Å². The second kappa shape index (κ2) is 32.9. The molecule has 16 aromatic rings. The van der Waals surface area contributed by atoms with Crippen molar-refractivity contribution in [3.05, 3.63) is 413 Å². The monoisotopic (exact) mass is 1590 g/mol. The van der Waals surface area contributed by atoms with Crippen molar-refractivity contribution in [1.29, 1.82) is 10.5 Å². The van der Waals surface area contributed by atoms with Crippen LogP contribution in [0.2, 0.25) is 0 Å². The summed E-state index contributed by atoms with van der Waals surface area (Å²) in [6, 6.07) is 131. The summed E-state index contributed by atoms with van der Waals surface area (Å²) < 4.78 is 24.9. The first-order valence-corrected chi connectivity index (χ1v) is 39.3. The van der Waals surface area contributed by atoms with Crippen molar-refractivity contribution >= 4 is 38.4 Å². The zero-order valence-electron chi connectivity index (χ0n) is 66.8. The average Bonchev–Trinajstić information content (AvgIpc) is 1.55. The molecule has 116 heavy (non-hydrogen) atoms. The third kappa shape index (κ3) is 14.8. The molecule has 1 saturated heterocycles. The second-order valence-electron chi connectivity index (χ2n) is 30.4. The molecule has 0 bridgehead atoms. The standard InChI is InChI=1S/C49H33N3.C48H41BN2O2.C7H4BrN.CH4.H3P.H2/c1-49(39-20-9-4-10-21-39)42-23-12-11-22-41(42)47-43(49)29-28-40(46(47)35-26-24-33(32-50)25-27-35)37-18-13-19-38(30-37)45-31-44(34-14-5-2-6-15-34)51-48(52-45)36-16-7-3-8-17-36;1-46(2)47(3,4)53-49(52-46)44-37(28-29-40-43(44)38-26-15-16-27-39(38)48(40,5)36-24-13-8-14-25-36)34-22-17-23-35(30-34)42-31-41(32-18-9-6-10-19-32)50-45(51-42)33-20-11-7-12-21-33;8-7-3-1-6(5-9)2-4-7;;;/h2-31H,1H3;6-31H,1-5H3;1-4H;1H4;1H3;1H/i;;;;;1+2T. The predicted octanol–water partition coefficient (Wildman–Crippen LogP) is 26.1. The van der Waals surface area contributed by atoms with Crippen LogP contribution in [0.25, 0.3) is 123 Å². The van der Waals surface area contributed by atoms with Crippen molar-refractivity contribution in [3.63, 3.8) is 0 Å². The van der Waals surface area contributed by atoms with E-state index in [-0.39, 0.29) is 28.2 Å². The zero-order chi connectivity index (χ0) is 80.1. The van der Waals surface area contributed by atoms with Crippen molar-refractivity contribution in [1.82, 2.24) is 19.9 Å². The fraction of sp³-hybridized carbons (Fsp3) is 0.105. The smallest absolute Gasteiger partial charge is 0.399 e. The number of rotatable bonds is 12. The number of hydrogen-bond donors (Lipinski definition) is 0. The average molecular weight is 1590 g/mol. The van der Waals surface area contributed by atoms with Gasteiger partial charge in [0.2, 0.25) is 0 Å². The molecule has 0 saturated carbocycles. The largest absolute Gasteiger partial charge is 0.496 e. The molecular formula is C105H87BBrN6O2P. The normalized spacial score (nSPS) is 15.4. The Kier molecular flexibility index (Phi) is 21.9. The van der Waals surface area contributed by atoms with Crippen LogP contribution in [0.4, 0.5) is 0 Å². The van der Waals surface area contributed by atoms with Gasteiger partial charge in [-0.3, -0.25) is 0 Å². The Labute approximate surface area is 696 Å². The summed E-state index contributed by atoms with van der Waals surface area (Å²) in [5, 5.41) is 18.0. The molecule has 11 heteroatoms. The molecule has 2 aromatic heterocycles. The van der Waals surface area contributed by atoms with Crippen LogP contribution in [0.3, 0.4) is 0 Å². The van der Waals surface area contributed by atoms with E-state index in [0.29, 0.717) is 22.8 Å². The molecule has 3 heterocycles. The van der Waals surface area contributed by atoms with Crippen LogP contribution in [0.15, 0.2) is 368 Å². The molecule has 0 spiro atoms. The number of hydrogen-bond acceptors (Lipinski definition) is 8. The van der Waals surface area contributed by atoms with E-state index in [1.165, 1.54) is 55.6 Å². The quantitative estimate of drug-likeness (QED) is 0.0877. The molecule has 19 rings (SSSR count). The van der Waals surface area contributed by atoms with Crippen LogP contribution in [0.1, 0.15) is 96.4 Å². The van der Waals surface area contributed by atoms with Crippen molar-refractivity contribution in [2.75, 3.05) is 0 Å². The number of nitrogens with zero attached hydrogens (tertiary/aromatic N) is 6. The highest BCUT2D eigenvalue weighted by Gasteiger charge is 2.55. The van der Waals surface area contributed by atoms with Crippen LogP contribution in [0, 0.1) is 22.7 Å². The topological polar surface area (TPSA) is 118 Å². The van der Waals surface area contributed by atoms with Gasteiger partial charge in [0.1, 0.15) is 0 Å². The summed E-state index contributed by atoms with van der Waals surface area (Å²) in [5.41, 5.74) is 29.3. The van der Waals surface area contributed by atoms with Gasteiger partial charge in [0.15, 0.2) is 11.6 Å². The SMILES string of the molecule is C.CC1(c2ccccc2)c2ccccc2-c2c1ccc(-c1cccc(-c3cc(-c4ccccc4)nc(-c4ccccc4)n3)c1)c2-c1ccc(C#N)cc1.CC1(c2ccccc2)c2ccccc2-c2c1ccc(-c1cccc(-c3cc(-c4ccccc4)nc(-c4ccccc4)n3)c1)c2B1OC(C)(C)C(C)(C)O1.N#Cc1ccc(Br)cc1.P.[3H][3H]. The lowest BCUT2D eigenvalue weighted by Gasteiger charge is -2.32. The second-order valence-corrected chi connectivity index (χ2v) is 31.3. The molecule has 0 N–H and O–H groups in total. The number of fused-ring (bicyclic) bond motifs is 6. The molecule has 3 atom stereocenters. The van der Waals surface area contributed by atoms with Gasteiger partial charge in [-0.25, -0.2) is 19.9 Å². The van der Waals surface area contributed by atoms with Gasteiger partial charge >= 0.3 is 7.12 Å². The Bertz CT molecular complexity index is 6240. The Hall–Kier alpha value is -12.9. The van der Waals surface area contributed by atoms with Crippen LogP contribution in [-0.2, 0) is 20.1 Å². The summed E-state index contributed by atoms with van der Waals surface area (Å²) in [6.07, 6.45) is 0. The van der Waals surface area contributed by atoms with Gasteiger partial charge < -0.3 is 9.31 Å². The summed E-state index contributed by atoms with van der Waals surface area (Å²) in [5.74, 6) is 1.38. The molecule has 8 nitrogen and oxygen atoms in total. The van der Waals surface area contributed by atoms with Gasteiger partial charge in [-0.2, -0.15) is 20.4 Å². The third-order valence-corrected chi connectivity index (χ3v) is 23.6. The van der Waals surface area contributed by atoms with E-state index < -0.39 is 18.3 Å².